The Balaban J connectivity index is 1.17. The summed E-state index contributed by atoms with van der Waals surface area (Å²) in [6.07, 6.45) is 9.70. The molecule has 2 aromatic heterocycles. The Bertz CT molecular complexity index is 2250. The number of fused-ring (bicyclic) bond motifs is 3. The van der Waals surface area contributed by atoms with Crippen LogP contribution in [-0.4, -0.2) is 87.7 Å². The summed E-state index contributed by atoms with van der Waals surface area (Å²) < 4.78 is 53.0. The van der Waals surface area contributed by atoms with E-state index in [1.54, 1.807) is 30.3 Å². The van der Waals surface area contributed by atoms with Gasteiger partial charge < -0.3 is 14.5 Å². The summed E-state index contributed by atoms with van der Waals surface area (Å²) in [6, 6.07) is 19.5. The van der Waals surface area contributed by atoms with Crippen molar-refractivity contribution >= 4 is 39.5 Å². The van der Waals surface area contributed by atoms with Crippen LogP contribution in [0.2, 0.25) is 0 Å². The summed E-state index contributed by atoms with van der Waals surface area (Å²) in [5, 5.41) is 2.11. The molecule has 52 heavy (non-hydrogen) atoms. The lowest BCUT2D eigenvalue weighted by Gasteiger charge is -2.40. The van der Waals surface area contributed by atoms with Crippen molar-refractivity contribution in [3.63, 3.8) is 0 Å². The van der Waals surface area contributed by atoms with Gasteiger partial charge in [0.25, 0.3) is 5.91 Å². The van der Waals surface area contributed by atoms with Gasteiger partial charge in [0.2, 0.25) is 0 Å². The molecule has 0 N–H and O–H groups in total. The van der Waals surface area contributed by atoms with Crippen molar-refractivity contribution in [3.05, 3.63) is 95.8 Å². The van der Waals surface area contributed by atoms with Crippen molar-refractivity contribution in [2.45, 2.75) is 43.9 Å². The number of hydrogen-bond donors (Lipinski definition) is 0. The number of benzene rings is 3. The summed E-state index contributed by atoms with van der Waals surface area (Å²) >= 11 is 0. The quantitative estimate of drug-likeness (QED) is 0.134. The Morgan fingerprint density at radius 1 is 1.04 bits per heavy atom. The number of ether oxygens (including phenoxy) is 1. The van der Waals surface area contributed by atoms with Gasteiger partial charge in [0, 0.05) is 72.8 Å². The number of rotatable bonds is 7. The van der Waals surface area contributed by atoms with Gasteiger partial charge in [0.15, 0.2) is 11.6 Å². The van der Waals surface area contributed by atoms with Crippen LogP contribution in [0.15, 0.2) is 78.8 Å². The zero-order valence-corrected chi connectivity index (χ0v) is 28.7. The van der Waals surface area contributed by atoms with Crippen LogP contribution in [-0.2, 0) is 4.79 Å². The summed E-state index contributed by atoms with van der Waals surface area (Å²) in [4.78, 5) is 32.3. The maximum Gasteiger partial charge on any atom is 0.319 e. The Morgan fingerprint density at radius 3 is 2.67 bits per heavy atom. The number of anilines is 1. The molecule has 3 atom stereocenters. The maximum absolute atomic E-state index is 17.0. The summed E-state index contributed by atoms with van der Waals surface area (Å²) in [6.45, 7) is 3.96. The number of carbonyl (C=O) groups excluding carboxylic acids is 1. The van der Waals surface area contributed by atoms with E-state index in [1.807, 2.05) is 48.2 Å². The van der Waals surface area contributed by atoms with Gasteiger partial charge in [0.05, 0.1) is 11.2 Å². The molecule has 3 saturated heterocycles. The molecule has 0 aliphatic carbocycles. The van der Waals surface area contributed by atoms with E-state index in [-0.39, 0.29) is 37.3 Å². The van der Waals surface area contributed by atoms with Crippen LogP contribution < -0.4 is 9.64 Å². The first-order chi connectivity index (χ1) is 25.2. The molecule has 0 bridgehead atoms. The van der Waals surface area contributed by atoms with E-state index in [0.29, 0.717) is 53.1 Å². The maximum atomic E-state index is 17.0. The number of pyridine rings is 1. The van der Waals surface area contributed by atoms with Gasteiger partial charge in [-0.3, -0.25) is 14.7 Å². The van der Waals surface area contributed by atoms with Crippen LogP contribution in [0.25, 0.3) is 38.9 Å². The van der Waals surface area contributed by atoms with E-state index in [4.69, 9.17) is 16.1 Å². The summed E-state index contributed by atoms with van der Waals surface area (Å²) in [5.74, 6) is 0.985. The van der Waals surface area contributed by atoms with Crippen LogP contribution in [0.1, 0.15) is 37.4 Å². The second kappa shape index (κ2) is 13.6. The second-order valence-corrected chi connectivity index (χ2v) is 13.9. The third-order valence-electron chi connectivity index (χ3n) is 10.7. The SMILES string of the molecule is C#Cc1cccc2cccc(-c3ccc4c(N5CCN(C(=O)/C(F)=C/c6ccccn6)C[C@@H]5C)nc(OC[C@@]56CCCN5C[C@H](F)C6)nc4c3F)c12. The van der Waals surface area contributed by atoms with E-state index in [2.05, 4.69) is 20.8 Å². The van der Waals surface area contributed by atoms with Gasteiger partial charge in [0.1, 0.15) is 24.1 Å². The monoisotopic (exact) mass is 702 g/mol. The van der Waals surface area contributed by atoms with Gasteiger partial charge in [-0.25, -0.2) is 13.2 Å². The van der Waals surface area contributed by atoms with Gasteiger partial charge in [-0.1, -0.05) is 48.4 Å². The fraction of sp³-hybridized carbons (Fsp3) is 0.317. The highest BCUT2D eigenvalue weighted by Crippen LogP contribution is 2.41. The Hall–Kier alpha value is -5.47. The molecular weight excluding hydrogens is 665 g/mol. The van der Waals surface area contributed by atoms with Crippen molar-refractivity contribution in [1.82, 2.24) is 24.8 Å². The van der Waals surface area contributed by atoms with Crippen LogP contribution >= 0.6 is 0 Å². The van der Waals surface area contributed by atoms with Gasteiger partial charge in [-0.2, -0.15) is 9.97 Å². The number of amides is 1. The first kappa shape index (κ1) is 33.7. The molecule has 8 rings (SSSR count). The number of aromatic nitrogens is 3. The number of piperazine rings is 1. The number of alkyl halides is 1. The molecule has 5 heterocycles. The minimum Gasteiger partial charge on any atom is -0.461 e. The minimum atomic E-state index is -0.936. The van der Waals surface area contributed by atoms with Gasteiger partial charge in [-0.15, -0.1) is 6.42 Å². The molecule has 8 nitrogen and oxygen atoms in total. The molecule has 0 saturated carbocycles. The van der Waals surface area contributed by atoms with Crippen LogP contribution in [0.4, 0.5) is 19.0 Å². The molecule has 3 aliphatic heterocycles. The predicted octanol–water partition coefficient (Wildman–Crippen LogP) is 6.97. The Morgan fingerprint density at radius 2 is 1.88 bits per heavy atom. The van der Waals surface area contributed by atoms with Gasteiger partial charge in [-0.05, 0) is 61.5 Å². The van der Waals surface area contributed by atoms with Gasteiger partial charge >= 0.3 is 6.01 Å². The largest absolute Gasteiger partial charge is 0.461 e. The lowest BCUT2D eigenvalue weighted by Crippen LogP contribution is -2.54. The van der Waals surface area contributed by atoms with Crippen molar-refractivity contribution in [2.24, 2.45) is 0 Å². The summed E-state index contributed by atoms with van der Waals surface area (Å²) in [5.41, 5.74) is 1.56. The van der Waals surface area contributed by atoms with E-state index >= 15 is 8.78 Å². The van der Waals surface area contributed by atoms with Crippen LogP contribution in [0.5, 0.6) is 6.01 Å². The highest BCUT2D eigenvalue weighted by Gasteiger charge is 2.49. The second-order valence-electron chi connectivity index (χ2n) is 13.9. The fourth-order valence-corrected chi connectivity index (χ4v) is 8.21. The number of halogens is 3. The lowest BCUT2D eigenvalue weighted by atomic mass is 9.93. The highest BCUT2D eigenvalue weighted by molar-refractivity contribution is 6.03. The molecule has 264 valence electrons. The molecule has 11 heteroatoms. The zero-order valence-electron chi connectivity index (χ0n) is 28.7. The molecule has 5 aromatic rings. The van der Waals surface area contributed by atoms with Crippen LogP contribution in [0, 0.1) is 18.2 Å². The lowest BCUT2D eigenvalue weighted by molar-refractivity contribution is -0.129. The van der Waals surface area contributed by atoms with Crippen molar-refractivity contribution in [3.8, 4) is 29.5 Å². The average molecular weight is 703 g/mol. The number of nitrogens with zero attached hydrogens (tertiary/aromatic N) is 6. The highest BCUT2D eigenvalue weighted by atomic mass is 19.1. The van der Waals surface area contributed by atoms with Crippen LogP contribution in [0.3, 0.4) is 0 Å². The first-order valence-corrected chi connectivity index (χ1v) is 17.6. The van der Waals surface area contributed by atoms with E-state index in [9.17, 15) is 9.18 Å². The topological polar surface area (TPSA) is 74.7 Å². The number of terminal acetylenes is 1. The smallest absolute Gasteiger partial charge is 0.319 e. The molecule has 0 unspecified atom stereocenters. The summed E-state index contributed by atoms with van der Waals surface area (Å²) in [7, 11) is 0. The number of carbonyl (C=O) groups is 1. The Kier molecular flexibility index (Phi) is 8.79. The molecule has 0 spiro atoms. The third kappa shape index (κ3) is 6.01. The van der Waals surface area contributed by atoms with E-state index < -0.39 is 29.3 Å². The zero-order chi connectivity index (χ0) is 36.0. The molecule has 1 amide bonds. The number of hydrogen-bond acceptors (Lipinski definition) is 7. The first-order valence-electron chi connectivity index (χ1n) is 17.6. The standard InChI is InChI=1S/C41H37F3N6O2/c1-3-27-9-6-10-28-11-7-13-31(35(27)28)32-14-15-33-37(36(32)44)46-40(52-25-41-16-8-18-49(41)24-29(42)22-41)47-38(33)50-20-19-48(23-26(50)2)39(51)34(43)21-30-12-4-5-17-45-30/h1,4-7,9-15,17,21,26,29H,8,16,18-20,22-25H2,2H3/b34-21-/t26-,29+,41-/m0/s1. The molecule has 3 fully saturated rings. The molecule has 3 aromatic carbocycles. The normalized spacial score (nSPS) is 22.2. The molecule has 0 radical (unpaired) electrons. The average Bonchev–Trinajstić information content (AvgIpc) is 3.69. The van der Waals surface area contributed by atoms with E-state index in [0.717, 1.165) is 36.2 Å². The minimum absolute atomic E-state index is 0.0145. The van der Waals surface area contributed by atoms with E-state index in [1.165, 1.54) is 11.1 Å². The fourth-order valence-electron chi connectivity index (χ4n) is 8.21. The predicted molar refractivity (Wildman–Crippen MR) is 196 cm³/mol. The van der Waals surface area contributed by atoms with Crippen molar-refractivity contribution in [1.29, 1.82) is 0 Å². The third-order valence-corrected chi connectivity index (χ3v) is 10.7. The molecular formula is C41H37F3N6O2. The van der Waals surface area contributed by atoms with Crippen molar-refractivity contribution < 1.29 is 22.7 Å². The molecule has 3 aliphatic rings. The Labute approximate surface area is 299 Å². The van der Waals surface area contributed by atoms with Crippen molar-refractivity contribution in [2.75, 3.05) is 44.2 Å².